The van der Waals surface area contributed by atoms with Crippen molar-refractivity contribution in [3.63, 3.8) is 0 Å². The predicted octanol–water partition coefficient (Wildman–Crippen LogP) is 2.32. The Balaban J connectivity index is 2.30. The second kappa shape index (κ2) is 5.10. The Labute approximate surface area is 108 Å². The monoisotopic (exact) mass is 267 g/mol. The predicted molar refractivity (Wildman–Crippen MR) is 70.4 cm³/mol. The molecule has 4 nitrogen and oxygen atoms in total. The van der Waals surface area contributed by atoms with E-state index < -0.39 is 15.2 Å². The quantitative estimate of drug-likeness (QED) is 0.841. The SMILES string of the molecule is CCC[C@@H]1OC=N[C@H]1S(=O)(=O)c1ccc(C)cc1. The molecule has 0 aliphatic carbocycles. The highest BCUT2D eigenvalue weighted by Gasteiger charge is 2.37. The van der Waals surface area contributed by atoms with E-state index >= 15 is 0 Å². The fourth-order valence-electron chi connectivity index (χ4n) is 1.98. The van der Waals surface area contributed by atoms with E-state index in [2.05, 4.69) is 4.99 Å². The zero-order valence-electron chi connectivity index (χ0n) is 10.5. The molecular formula is C13H17NO3S. The maximum atomic E-state index is 12.4. The Bertz CT molecular complexity index is 534. The Morgan fingerprint density at radius 1 is 1.28 bits per heavy atom. The highest BCUT2D eigenvalue weighted by atomic mass is 32.2. The number of nitrogens with zero attached hydrogens (tertiary/aromatic N) is 1. The van der Waals surface area contributed by atoms with Crippen LogP contribution in [0.15, 0.2) is 34.2 Å². The topological polar surface area (TPSA) is 55.7 Å². The van der Waals surface area contributed by atoms with Gasteiger partial charge in [-0.15, -0.1) is 0 Å². The first-order valence-electron chi connectivity index (χ1n) is 6.03. The zero-order chi connectivity index (χ0) is 13.2. The standard InChI is InChI=1S/C13H17NO3S/c1-3-4-12-13(14-9-17-12)18(15,16)11-7-5-10(2)6-8-11/h5-9,12-13H,3-4H2,1-2H3/t12-,13-/m0/s1. The van der Waals surface area contributed by atoms with Gasteiger partial charge in [0.15, 0.2) is 11.8 Å². The van der Waals surface area contributed by atoms with Crippen LogP contribution >= 0.6 is 0 Å². The van der Waals surface area contributed by atoms with Crippen molar-refractivity contribution < 1.29 is 13.2 Å². The van der Waals surface area contributed by atoms with Crippen LogP contribution in [0.3, 0.4) is 0 Å². The van der Waals surface area contributed by atoms with Crippen LogP contribution in [-0.2, 0) is 14.6 Å². The fraction of sp³-hybridized carbons (Fsp3) is 0.462. The van der Waals surface area contributed by atoms with Gasteiger partial charge in [-0.25, -0.2) is 13.4 Å². The van der Waals surface area contributed by atoms with Crippen molar-refractivity contribution in [3.05, 3.63) is 29.8 Å². The molecule has 1 heterocycles. The Morgan fingerprint density at radius 2 is 1.94 bits per heavy atom. The van der Waals surface area contributed by atoms with Crippen molar-refractivity contribution in [2.45, 2.75) is 43.1 Å². The molecule has 2 rings (SSSR count). The minimum Gasteiger partial charge on any atom is -0.477 e. The Hall–Kier alpha value is -1.36. The molecular weight excluding hydrogens is 250 g/mol. The van der Waals surface area contributed by atoms with Gasteiger partial charge in [0.05, 0.1) is 4.90 Å². The maximum Gasteiger partial charge on any atom is 0.205 e. The summed E-state index contributed by atoms with van der Waals surface area (Å²) in [6.45, 7) is 3.92. The normalized spacial score (nSPS) is 23.0. The molecule has 1 aliphatic heterocycles. The van der Waals surface area contributed by atoms with E-state index in [9.17, 15) is 8.42 Å². The van der Waals surface area contributed by atoms with Gasteiger partial charge in [-0.3, -0.25) is 0 Å². The van der Waals surface area contributed by atoms with Crippen LogP contribution in [0.4, 0.5) is 0 Å². The van der Waals surface area contributed by atoms with Crippen LogP contribution in [0.2, 0.25) is 0 Å². The van der Waals surface area contributed by atoms with Crippen molar-refractivity contribution in [3.8, 4) is 0 Å². The maximum absolute atomic E-state index is 12.4. The van der Waals surface area contributed by atoms with E-state index in [1.807, 2.05) is 13.8 Å². The van der Waals surface area contributed by atoms with E-state index in [1.165, 1.54) is 6.40 Å². The molecule has 0 aromatic heterocycles. The van der Waals surface area contributed by atoms with Crippen molar-refractivity contribution >= 4 is 16.2 Å². The average Bonchev–Trinajstić information content (AvgIpc) is 2.79. The molecule has 0 saturated heterocycles. The molecule has 98 valence electrons. The van der Waals surface area contributed by atoms with E-state index in [1.54, 1.807) is 24.3 Å². The molecule has 1 aromatic rings. The first-order valence-corrected chi connectivity index (χ1v) is 7.58. The van der Waals surface area contributed by atoms with Gasteiger partial charge in [0.25, 0.3) is 0 Å². The molecule has 2 atom stereocenters. The Morgan fingerprint density at radius 3 is 2.56 bits per heavy atom. The summed E-state index contributed by atoms with van der Waals surface area (Å²) in [5.41, 5.74) is 1.03. The molecule has 1 aliphatic rings. The number of hydrogen-bond acceptors (Lipinski definition) is 4. The third-order valence-electron chi connectivity index (χ3n) is 3.00. The molecule has 0 spiro atoms. The summed E-state index contributed by atoms with van der Waals surface area (Å²) < 4.78 is 30.1. The minimum atomic E-state index is -3.45. The zero-order valence-corrected chi connectivity index (χ0v) is 11.4. The summed E-state index contributed by atoms with van der Waals surface area (Å²) in [6.07, 6.45) is 2.46. The van der Waals surface area contributed by atoms with E-state index in [0.29, 0.717) is 11.3 Å². The minimum absolute atomic E-state index is 0.307. The van der Waals surface area contributed by atoms with Crippen LogP contribution in [-0.4, -0.2) is 26.3 Å². The van der Waals surface area contributed by atoms with Gasteiger partial charge in [0, 0.05) is 0 Å². The number of sulfone groups is 1. The number of ether oxygens (including phenoxy) is 1. The lowest BCUT2D eigenvalue weighted by atomic mass is 10.2. The van der Waals surface area contributed by atoms with Crippen molar-refractivity contribution in [1.29, 1.82) is 0 Å². The van der Waals surface area contributed by atoms with Crippen LogP contribution in [0.5, 0.6) is 0 Å². The van der Waals surface area contributed by atoms with Gasteiger partial charge in [-0.2, -0.15) is 0 Å². The van der Waals surface area contributed by atoms with Crippen molar-refractivity contribution in [2.24, 2.45) is 4.99 Å². The summed E-state index contributed by atoms with van der Waals surface area (Å²) in [4.78, 5) is 4.28. The van der Waals surface area contributed by atoms with Crippen LogP contribution in [0.1, 0.15) is 25.3 Å². The molecule has 0 unspecified atom stereocenters. The van der Waals surface area contributed by atoms with E-state index in [4.69, 9.17) is 4.74 Å². The second-order valence-corrected chi connectivity index (χ2v) is 6.51. The third kappa shape index (κ3) is 2.41. The van der Waals surface area contributed by atoms with E-state index in [0.717, 1.165) is 12.0 Å². The summed E-state index contributed by atoms with van der Waals surface area (Å²) in [7, 11) is -3.45. The molecule has 5 heteroatoms. The van der Waals surface area contributed by atoms with Gasteiger partial charge in [-0.1, -0.05) is 31.0 Å². The van der Waals surface area contributed by atoms with Crippen molar-refractivity contribution in [1.82, 2.24) is 0 Å². The van der Waals surface area contributed by atoms with Crippen LogP contribution in [0.25, 0.3) is 0 Å². The largest absolute Gasteiger partial charge is 0.477 e. The van der Waals surface area contributed by atoms with Gasteiger partial charge in [0.1, 0.15) is 6.10 Å². The second-order valence-electron chi connectivity index (χ2n) is 4.47. The number of benzene rings is 1. The summed E-state index contributed by atoms with van der Waals surface area (Å²) in [5, 5.41) is -0.805. The molecule has 0 radical (unpaired) electrons. The Kier molecular flexibility index (Phi) is 3.71. The van der Waals surface area contributed by atoms with E-state index in [-0.39, 0.29) is 6.10 Å². The lowest BCUT2D eigenvalue weighted by Crippen LogP contribution is -2.30. The van der Waals surface area contributed by atoms with Gasteiger partial charge >= 0.3 is 0 Å². The smallest absolute Gasteiger partial charge is 0.205 e. The van der Waals surface area contributed by atoms with Crippen LogP contribution < -0.4 is 0 Å². The van der Waals surface area contributed by atoms with Crippen LogP contribution in [0, 0.1) is 6.92 Å². The first kappa shape index (κ1) is 13.1. The highest BCUT2D eigenvalue weighted by molar-refractivity contribution is 7.92. The molecule has 0 N–H and O–H groups in total. The molecule has 0 saturated carbocycles. The van der Waals surface area contributed by atoms with Gasteiger partial charge < -0.3 is 4.74 Å². The molecule has 18 heavy (non-hydrogen) atoms. The molecule has 1 aromatic carbocycles. The average molecular weight is 267 g/mol. The van der Waals surface area contributed by atoms with Crippen molar-refractivity contribution in [2.75, 3.05) is 0 Å². The summed E-state index contributed by atoms with van der Waals surface area (Å²) in [6, 6.07) is 6.84. The molecule has 0 amide bonds. The number of aryl methyl sites for hydroxylation is 1. The number of hydrogen-bond donors (Lipinski definition) is 0. The molecule has 0 fully saturated rings. The lowest BCUT2D eigenvalue weighted by Gasteiger charge is -2.17. The molecule has 0 bridgehead atoms. The van der Waals surface area contributed by atoms with Gasteiger partial charge in [0.2, 0.25) is 9.84 Å². The highest BCUT2D eigenvalue weighted by Crippen LogP contribution is 2.26. The third-order valence-corrected chi connectivity index (χ3v) is 4.99. The number of aliphatic imine (C=N–C) groups is 1. The fourth-order valence-corrected chi connectivity index (χ4v) is 3.58. The summed E-state index contributed by atoms with van der Waals surface area (Å²) >= 11 is 0. The number of rotatable bonds is 4. The van der Waals surface area contributed by atoms with Gasteiger partial charge in [-0.05, 0) is 25.5 Å². The first-order chi connectivity index (χ1) is 8.55. The summed E-state index contributed by atoms with van der Waals surface area (Å²) in [5.74, 6) is 0. The lowest BCUT2D eigenvalue weighted by molar-refractivity contribution is 0.209.